The van der Waals surface area contributed by atoms with Gasteiger partial charge in [0.15, 0.2) is 5.82 Å². The molecule has 0 aromatic carbocycles. The van der Waals surface area contributed by atoms with Gasteiger partial charge in [-0.25, -0.2) is 0 Å². The van der Waals surface area contributed by atoms with Crippen LogP contribution in [0.4, 0.5) is 0 Å². The molecule has 0 aliphatic heterocycles. The van der Waals surface area contributed by atoms with Crippen molar-refractivity contribution in [1.29, 1.82) is 0 Å². The first-order valence-corrected chi connectivity index (χ1v) is 5.95. The molecule has 0 radical (unpaired) electrons. The Kier molecular flexibility index (Phi) is 3.90. The van der Waals surface area contributed by atoms with Gasteiger partial charge in [-0.2, -0.15) is 4.98 Å². The van der Waals surface area contributed by atoms with Gasteiger partial charge in [-0.3, -0.25) is 0 Å². The molecule has 1 aromatic heterocycles. The van der Waals surface area contributed by atoms with Crippen molar-refractivity contribution in [1.82, 2.24) is 10.1 Å². The number of rotatable bonds is 6. The van der Waals surface area contributed by atoms with Crippen molar-refractivity contribution in [2.75, 3.05) is 6.54 Å². The van der Waals surface area contributed by atoms with Crippen LogP contribution >= 0.6 is 0 Å². The van der Waals surface area contributed by atoms with Crippen LogP contribution in [-0.4, -0.2) is 22.8 Å². The van der Waals surface area contributed by atoms with Crippen molar-refractivity contribution in [3.8, 4) is 0 Å². The van der Waals surface area contributed by atoms with Gasteiger partial charge >= 0.3 is 0 Å². The standard InChI is InChI=1S/C11H19N3O2/c1-2-3-11-13-10(14-16-11)7-15-9-4-8(5-9)6-12/h8-9H,2-7,12H2,1H3. The van der Waals surface area contributed by atoms with Gasteiger partial charge in [-0.1, -0.05) is 12.1 Å². The van der Waals surface area contributed by atoms with Crippen LogP contribution in [0.25, 0.3) is 0 Å². The van der Waals surface area contributed by atoms with Crippen LogP contribution in [0.3, 0.4) is 0 Å². The van der Waals surface area contributed by atoms with Crippen molar-refractivity contribution in [3.05, 3.63) is 11.7 Å². The van der Waals surface area contributed by atoms with E-state index in [1.807, 2.05) is 0 Å². The summed E-state index contributed by atoms with van der Waals surface area (Å²) >= 11 is 0. The zero-order valence-electron chi connectivity index (χ0n) is 9.69. The molecule has 0 spiro atoms. The number of aromatic nitrogens is 2. The SMILES string of the molecule is CCCc1nc(COC2CC(CN)C2)no1. The van der Waals surface area contributed by atoms with E-state index in [-0.39, 0.29) is 0 Å². The smallest absolute Gasteiger partial charge is 0.226 e. The Bertz CT molecular complexity index is 321. The van der Waals surface area contributed by atoms with Gasteiger partial charge in [-0.05, 0) is 31.7 Å². The number of ether oxygens (including phenoxy) is 1. The molecule has 1 saturated carbocycles. The van der Waals surface area contributed by atoms with E-state index in [9.17, 15) is 0 Å². The first kappa shape index (κ1) is 11.5. The van der Waals surface area contributed by atoms with Crippen molar-refractivity contribution in [2.24, 2.45) is 11.7 Å². The monoisotopic (exact) mass is 225 g/mol. The second-order valence-electron chi connectivity index (χ2n) is 4.36. The fraction of sp³-hybridized carbons (Fsp3) is 0.818. The fourth-order valence-corrected chi connectivity index (χ4v) is 1.86. The van der Waals surface area contributed by atoms with Gasteiger partial charge in [0.1, 0.15) is 6.61 Å². The minimum Gasteiger partial charge on any atom is -0.370 e. The van der Waals surface area contributed by atoms with Crippen LogP contribution in [0.2, 0.25) is 0 Å². The normalized spacial score (nSPS) is 24.4. The third-order valence-corrected chi connectivity index (χ3v) is 2.95. The lowest BCUT2D eigenvalue weighted by Gasteiger charge is -2.33. The second kappa shape index (κ2) is 5.41. The summed E-state index contributed by atoms with van der Waals surface area (Å²) in [4.78, 5) is 4.24. The molecule has 16 heavy (non-hydrogen) atoms. The summed E-state index contributed by atoms with van der Waals surface area (Å²) in [7, 11) is 0. The summed E-state index contributed by atoms with van der Waals surface area (Å²) in [5.74, 6) is 2.00. The Morgan fingerprint density at radius 2 is 2.31 bits per heavy atom. The van der Waals surface area contributed by atoms with Crippen molar-refractivity contribution >= 4 is 0 Å². The molecule has 1 aromatic rings. The number of nitrogens with zero attached hydrogens (tertiary/aromatic N) is 2. The molecule has 0 atom stereocenters. The molecule has 0 unspecified atom stereocenters. The van der Waals surface area contributed by atoms with Gasteiger partial charge < -0.3 is 15.0 Å². The summed E-state index contributed by atoms with van der Waals surface area (Å²) in [6.07, 6.45) is 4.32. The van der Waals surface area contributed by atoms with E-state index in [4.69, 9.17) is 15.0 Å². The van der Waals surface area contributed by atoms with Crippen LogP contribution in [0.5, 0.6) is 0 Å². The lowest BCUT2D eigenvalue weighted by atomic mass is 9.82. The van der Waals surface area contributed by atoms with Crippen LogP contribution in [-0.2, 0) is 17.8 Å². The van der Waals surface area contributed by atoms with E-state index < -0.39 is 0 Å². The third-order valence-electron chi connectivity index (χ3n) is 2.95. The molecule has 2 rings (SSSR count). The maximum absolute atomic E-state index is 5.65. The molecule has 5 nitrogen and oxygen atoms in total. The maximum Gasteiger partial charge on any atom is 0.226 e. The number of hydrogen-bond acceptors (Lipinski definition) is 5. The topological polar surface area (TPSA) is 74.2 Å². The summed E-state index contributed by atoms with van der Waals surface area (Å²) in [5, 5.41) is 3.87. The molecule has 1 aliphatic carbocycles. The highest BCUT2D eigenvalue weighted by molar-refractivity contribution is 4.86. The molecule has 1 heterocycles. The molecule has 1 fully saturated rings. The van der Waals surface area contributed by atoms with Gasteiger partial charge in [-0.15, -0.1) is 0 Å². The van der Waals surface area contributed by atoms with E-state index in [1.165, 1.54) is 0 Å². The predicted octanol–water partition coefficient (Wildman–Crippen LogP) is 1.28. The first-order valence-electron chi connectivity index (χ1n) is 5.95. The Morgan fingerprint density at radius 3 is 3.00 bits per heavy atom. The number of aryl methyl sites for hydroxylation is 1. The van der Waals surface area contributed by atoms with Crippen molar-refractivity contribution in [3.63, 3.8) is 0 Å². The molecule has 1 aliphatic rings. The zero-order chi connectivity index (χ0) is 11.4. The third kappa shape index (κ3) is 2.80. The zero-order valence-corrected chi connectivity index (χ0v) is 9.69. The maximum atomic E-state index is 5.65. The lowest BCUT2D eigenvalue weighted by Crippen LogP contribution is -2.35. The molecule has 90 valence electrons. The average molecular weight is 225 g/mol. The molecule has 0 bridgehead atoms. The van der Waals surface area contributed by atoms with Crippen molar-refractivity contribution in [2.45, 2.75) is 45.3 Å². The van der Waals surface area contributed by atoms with Gasteiger partial charge in [0.05, 0.1) is 6.10 Å². The molecule has 0 amide bonds. The van der Waals surface area contributed by atoms with E-state index in [0.717, 1.165) is 32.2 Å². The molecule has 5 heteroatoms. The van der Waals surface area contributed by atoms with Gasteiger partial charge in [0.2, 0.25) is 5.89 Å². The highest BCUT2D eigenvalue weighted by Gasteiger charge is 2.28. The largest absolute Gasteiger partial charge is 0.370 e. The van der Waals surface area contributed by atoms with Crippen LogP contribution < -0.4 is 5.73 Å². The highest BCUT2D eigenvalue weighted by Crippen LogP contribution is 2.29. The summed E-state index contributed by atoms with van der Waals surface area (Å²) in [5.41, 5.74) is 5.54. The van der Waals surface area contributed by atoms with E-state index >= 15 is 0 Å². The van der Waals surface area contributed by atoms with E-state index in [1.54, 1.807) is 0 Å². The van der Waals surface area contributed by atoms with Crippen LogP contribution in [0.1, 0.15) is 37.9 Å². The van der Waals surface area contributed by atoms with Crippen LogP contribution in [0, 0.1) is 5.92 Å². The minimum atomic E-state index is 0.335. The predicted molar refractivity (Wildman–Crippen MR) is 58.6 cm³/mol. The average Bonchev–Trinajstić information content (AvgIpc) is 2.64. The molecular formula is C11H19N3O2. The highest BCUT2D eigenvalue weighted by atomic mass is 16.5. The number of hydrogen-bond donors (Lipinski definition) is 1. The first-order chi connectivity index (χ1) is 7.81. The molecular weight excluding hydrogens is 206 g/mol. The number of nitrogens with two attached hydrogens (primary N) is 1. The Morgan fingerprint density at radius 1 is 1.50 bits per heavy atom. The van der Waals surface area contributed by atoms with E-state index in [0.29, 0.717) is 30.3 Å². The molecule has 0 saturated heterocycles. The lowest BCUT2D eigenvalue weighted by molar-refractivity contribution is -0.0405. The Hall–Kier alpha value is -0.940. The quantitative estimate of drug-likeness (QED) is 0.789. The Labute approximate surface area is 95.3 Å². The van der Waals surface area contributed by atoms with Crippen molar-refractivity contribution < 1.29 is 9.26 Å². The van der Waals surface area contributed by atoms with Gasteiger partial charge in [0, 0.05) is 6.42 Å². The minimum absolute atomic E-state index is 0.335. The second-order valence-corrected chi connectivity index (χ2v) is 4.36. The molecule has 2 N–H and O–H groups in total. The summed E-state index contributed by atoms with van der Waals surface area (Å²) in [6.45, 7) is 3.31. The fourth-order valence-electron chi connectivity index (χ4n) is 1.86. The summed E-state index contributed by atoms with van der Waals surface area (Å²) < 4.78 is 10.7. The van der Waals surface area contributed by atoms with Crippen LogP contribution in [0.15, 0.2) is 4.52 Å². The van der Waals surface area contributed by atoms with Gasteiger partial charge in [0.25, 0.3) is 0 Å². The Balaban J connectivity index is 1.69. The van der Waals surface area contributed by atoms with E-state index in [2.05, 4.69) is 17.1 Å². The summed E-state index contributed by atoms with van der Waals surface area (Å²) in [6, 6.07) is 0.